The molecule has 2 amide bonds. The Hall–Kier alpha value is -0.710. The van der Waals surface area contributed by atoms with Crippen LogP contribution < -0.4 is 10.6 Å². The van der Waals surface area contributed by atoms with Crippen molar-refractivity contribution >= 4 is 24.4 Å². The molecule has 0 aromatic heterocycles. The van der Waals surface area contributed by atoms with E-state index in [4.69, 9.17) is 0 Å². The Morgan fingerprint density at radius 3 is 1.89 bits per heavy atom. The van der Waals surface area contributed by atoms with Crippen LogP contribution in [-0.4, -0.2) is 31.2 Å². The Labute approximate surface area is 116 Å². The summed E-state index contributed by atoms with van der Waals surface area (Å²) in [7, 11) is 1.67. The number of unbranched alkanes of at least 4 members (excludes halogenated alkanes) is 5. The molecule has 0 saturated heterocycles. The van der Waals surface area contributed by atoms with Crippen molar-refractivity contribution in [3.05, 3.63) is 0 Å². The molecule has 0 aliphatic carbocycles. The van der Waals surface area contributed by atoms with Crippen molar-refractivity contribution in [3.63, 3.8) is 0 Å². The topological polar surface area (TPSA) is 58.2 Å². The predicted molar refractivity (Wildman–Crippen MR) is 77.9 cm³/mol. The summed E-state index contributed by atoms with van der Waals surface area (Å²) in [5.74, 6) is 0.941. The lowest BCUT2D eigenvalue weighted by Gasteiger charge is -2.03. The van der Waals surface area contributed by atoms with Crippen LogP contribution in [0.15, 0.2) is 0 Å². The highest BCUT2D eigenvalue weighted by atomic mass is 32.1. The van der Waals surface area contributed by atoms with Crippen LogP contribution in [-0.2, 0) is 9.59 Å². The van der Waals surface area contributed by atoms with E-state index in [2.05, 4.69) is 23.3 Å². The van der Waals surface area contributed by atoms with Gasteiger partial charge >= 0.3 is 0 Å². The van der Waals surface area contributed by atoms with Gasteiger partial charge in [-0.15, -0.1) is 0 Å². The molecule has 0 rings (SSSR count). The van der Waals surface area contributed by atoms with Crippen LogP contribution >= 0.6 is 12.6 Å². The molecule has 2 N–H and O–H groups in total. The number of thiol groups is 1. The summed E-state index contributed by atoms with van der Waals surface area (Å²) in [6, 6.07) is 0. The van der Waals surface area contributed by atoms with E-state index in [1.54, 1.807) is 7.05 Å². The molecule has 4 nitrogen and oxygen atoms in total. The molecule has 0 bridgehead atoms. The van der Waals surface area contributed by atoms with E-state index in [0.717, 1.165) is 38.5 Å². The predicted octanol–water partition coefficient (Wildman–Crippen LogP) is 1.90. The highest BCUT2D eigenvalue weighted by Crippen LogP contribution is 2.08. The van der Waals surface area contributed by atoms with Crippen molar-refractivity contribution in [2.24, 2.45) is 0 Å². The number of nitrogens with one attached hydrogen (secondary N) is 2. The molecule has 0 aliphatic heterocycles. The number of carbonyl (C=O) groups is 2. The molecule has 0 saturated carbocycles. The summed E-state index contributed by atoms with van der Waals surface area (Å²) in [5.41, 5.74) is 0. The van der Waals surface area contributed by atoms with Gasteiger partial charge in [0.05, 0.1) is 0 Å². The molecule has 0 radical (unpaired) electrons. The van der Waals surface area contributed by atoms with Crippen molar-refractivity contribution in [3.8, 4) is 0 Å². The molecule has 106 valence electrons. The quantitative estimate of drug-likeness (QED) is 0.398. The van der Waals surface area contributed by atoms with Gasteiger partial charge in [0.15, 0.2) is 0 Å². The smallest absolute Gasteiger partial charge is 0.220 e. The Kier molecular flexibility index (Phi) is 12.2. The maximum Gasteiger partial charge on any atom is 0.220 e. The SMILES string of the molecule is CNC(=O)CCCCCCCCC(=O)NCCS. The number of hydrogen-bond donors (Lipinski definition) is 3. The number of carbonyl (C=O) groups excluding carboxylic acids is 2. The molecular formula is C13H26N2O2S. The van der Waals surface area contributed by atoms with Gasteiger partial charge in [-0.25, -0.2) is 0 Å². The average Bonchev–Trinajstić information content (AvgIpc) is 2.38. The summed E-state index contributed by atoms with van der Waals surface area (Å²) in [4.78, 5) is 22.2. The molecule has 0 fully saturated rings. The molecule has 0 aliphatic rings. The molecule has 0 heterocycles. The van der Waals surface area contributed by atoms with E-state index >= 15 is 0 Å². The highest BCUT2D eigenvalue weighted by Gasteiger charge is 2.00. The summed E-state index contributed by atoms with van der Waals surface area (Å²) in [5, 5.41) is 5.42. The van der Waals surface area contributed by atoms with E-state index in [9.17, 15) is 9.59 Å². The maximum absolute atomic E-state index is 11.3. The van der Waals surface area contributed by atoms with Gasteiger partial charge in [0.2, 0.25) is 11.8 Å². The third-order valence-electron chi connectivity index (χ3n) is 2.77. The first-order valence-corrected chi connectivity index (χ1v) is 7.42. The number of hydrogen-bond acceptors (Lipinski definition) is 3. The largest absolute Gasteiger partial charge is 0.359 e. The fourth-order valence-corrected chi connectivity index (χ4v) is 1.80. The first-order chi connectivity index (χ1) is 8.70. The van der Waals surface area contributed by atoms with E-state index < -0.39 is 0 Å². The molecule has 0 unspecified atom stereocenters. The van der Waals surface area contributed by atoms with Gasteiger partial charge in [0, 0.05) is 32.2 Å². The summed E-state index contributed by atoms with van der Waals surface area (Å²) in [6.07, 6.45) is 7.64. The van der Waals surface area contributed by atoms with Crippen LogP contribution in [0, 0.1) is 0 Å². The molecule has 5 heteroatoms. The van der Waals surface area contributed by atoms with Gasteiger partial charge in [0.1, 0.15) is 0 Å². The molecule has 0 spiro atoms. The summed E-state index contributed by atoms with van der Waals surface area (Å²) >= 11 is 4.03. The van der Waals surface area contributed by atoms with Crippen LogP contribution in [0.1, 0.15) is 51.4 Å². The van der Waals surface area contributed by atoms with Crippen LogP contribution in [0.4, 0.5) is 0 Å². The Balaban J connectivity index is 3.16. The highest BCUT2D eigenvalue weighted by molar-refractivity contribution is 7.80. The zero-order valence-corrected chi connectivity index (χ0v) is 12.2. The van der Waals surface area contributed by atoms with E-state index in [0.29, 0.717) is 25.1 Å². The van der Waals surface area contributed by atoms with E-state index in [1.165, 1.54) is 0 Å². The van der Waals surface area contributed by atoms with E-state index in [-0.39, 0.29) is 11.8 Å². The fraction of sp³-hybridized carbons (Fsp3) is 0.846. The second-order valence-corrected chi connectivity index (χ2v) is 4.82. The van der Waals surface area contributed by atoms with Crippen molar-refractivity contribution in [1.82, 2.24) is 10.6 Å². The monoisotopic (exact) mass is 274 g/mol. The number of amides is 2. The van der Waals surface area contributed by atoms with Crippen molar-refractivity contribution < 1.29 is 9.59 Å². The van der Waals surface area contributed by atoms with Gasteiger partial charge in [-0.3, -0.25) is 9.59 Å². The van der Waals surface area contributed by atoms with Crippen molar-refractivity contribution in [1.29, 1.82) is 0 Å². The van der Waals surface area contributed by atoms with Crippen LogP contribution in [0.3, 0.4) is 0 Å². The second-order valence-electron chi connectivity index (χ2n) is 4.37. The summed E-state index contributed by atoms with van der Waals surface area (Å²) < 4.78 is 0. The third-order valence-corrected chi connectivity index (χ3v) is 2.99. The number of rotatable bonds is 11. The second kappa shape index (κ2) is 12.7. The average molecular weight is 274 g/mol. The maximum atomic E-state index is 11.3. The Bertz CT molecular complexity index is 235. The van der Waals surface area contributed by atoms with E-state index in [1.807, 2.05) is 0 Å². The third kappa shape index (κ3) is 11.8. The lowest BCUT2D eigenvalue weighted by molar-refractivity contribution is -0.121. The van der Waals surface area contributed by atoms with Crippen molar-refractivity contribution in [2.45, 2.75) is 51.4 Å². The van der Waals surface area contributed by atoms with Crippen molar-refractivity contribution in [2.75, 3.05) is 19.3 Å². The molecule has 0 atom stereocenters. The first kappa shape index (κ1) is 17.3. The normalized spacial score (nSPS) is 10.1. The lowest BCUT2D eigenvalue weighted by atomic mass is 10.1. The van der Waals surface area contributed by atoms with Crippen LogP contribution in [0.2, 0.25) is 0 Å². The molecular weight excluding hydrogens is 248 g/mol. The Morgan fingerprint density at radius 1 is 0.889 bits per heavy atom. The summed E-state index contributed by atoms with van der Waals surface area (Å²) in [6.45, 7) is 0.654. The van der Waals surface area contributed by atoms with Gasteiger partial charge in [-0.05, 0) is 12.8 Å². The van der Waals surface area contributed by atoms with Gasteiger partial charge < -0.3 is 10.6 Å². The minimum absolute atomic E-state index is 0.121. The van der Waals surface area contributed by atoms with Crippen LogP contribution in [0.25, 0.3) is 0 Å². The fourth-order valence-electron chi connectivity index (χ4n) is 1.69. The van der Waals surface area contributed by atoms with Crippen LogP contribution in [0.5, 0.6) is 0 Å². The standard InChI is InChI=1S/C13H26N2O2S/c1-14-12(16)8-6-4-2-3-5-7-9-13(17)15-10-11-18/h18H,2-11H2,1H3,(H,14,16)(H,15,17). The van der Waals surface area contributed by atoms with Gasteiger partial charge in [-0.1, -0.05) is 25.7 Å². The Morgan fingerprint density at radius 2 is 1.39 bits per heavy atom. The molecule has 0 aromatic carbocycles. The van der Waals surface area contributed by atoms with Gasteiger partial charge in [0.25, 0.3) is 0 Å². The first-order valence-electron chi connectivity index (χ1n) is 6.79. The molecule has 18 heavy (non-hydrogen) atoms. The van der Waals surface area contributed by atoms with Gasteiger partial charge in [-0.2, -0.15) is 12.6 Å². The minimum Gasteiger partial charge on any atom is -0.359 e. The minimum atomic E-state index is 0.121. The zero-order valence-electron chi connectivity index (χ0n) is 11.3. The lowest BCUT2D eigenvalue weighted by Crippen LogP contribution is -2.24. The molecule has 0 aromatic rings. The zero-order chi connectivity index (χ0) is 13.6.